The van der Waals surface area contributed by atoms with Crippen molar-refractivity contribution in [2.24, 2.45) is 0 Å². The monoisotopic (exact) mass is 82.0 g/mol. The summed E-state index contributed by atoms with van der Waals surface area (Å²) in [5, 5.41) is 0. The van der Waals surface area contributed by atoms with Crippen molar-refractivity contribution in [3.8, 4) is 0 Å². The van der Waals surface area contributed by atoms with Crippen LogP contribution in [0.4, 0.5) is 0 Å². The largest absolute Gasteiger partial charge is 0.473 e. The van der Waals surface area contributed by atoms with Crippen molar-refractivity contribution in [3.63, 3.8) is 0 Å². The van der Waals surface area contributed by atoms with Gasteiger partial charge in [0, 0.05) is 6.15 Å². The SMILES string of the molecule is [N].c1ccoc1. The first-order chi connectivity index (χ1) is 2.50. The summed E-state index contributed by atoms with van der Waals surface area (Å²) in [4.78, 5) is 0. The average Bonchev–Trinajstić information content (AvgIpc) is 1.76. The predicted octanol–water partition coefficient (Wildman–Crippen LogP) is 0.799. The molecule has 1 aromatic rings. The third-order valence-corrected chi connectivity index (χ3v) is 0.425. The first-order valence-electron chi connectivity index (χ1n) is 1.47. The standard InChI is InChI=1S/C4H4O.N/c1-2-4-5-3-1;/h1-4H;. The highest BCUT2D eigenvalue weighted by Crippen LogP contribution is 1.79. The average molecular weight is 82.1 g/mol. The second-order valence-corrected chi connectivity index (χ2v) is 0.793. The summed E-state index contributed by atoms with van der Waals surface area (Å²) in [5.41, 5.74) is 0. The predicted molar refractivity (Wildman–Crippen MR) is 20.8 cm³/mol. The molecule has 0 fully saturated rings. The van der Waals surface area contributed by atoms with Gasteiger partial charge < -0.3 is 4.42 Å². The zero-order valence-corrected chi connectivity index (χ0v) is 3.16. The highest BCUT2D eigenvalue weighted by atomic mass is 16.3. The maximum absolute atomic E-state index is 4.58. The van der Waals surface area contributed by atoms with Gasteiger partial charge in [-0.2, -0.15) is 0 Å². The molecule has 3 radical (unpaired) electrons. The van der Waals surface area contributed by atoms with E-state index in [1.807, 2.05) is 12.1 Å². The van der Waals surface area contributed by atoms with Crippen molar-refractivity contribution < 1.29 is 4.42 Å². The van der Waals surface area contributed by atoms with Crippen LogP contribution >= 0.6 is 0 Å². The van der Waals surface area contributed by atoms with E-state index in [0.717, 1.165) is 0 Å². The molecule has 1 heterocycles. The fourth-order valence-corrected chi connectivity index (χ4v) is 0.227. The third kappa shape index (κ3) is 0.904. The van der Waals surface area contributed by atoms with Crippen molar-refractivity contribution >= 4 is 0 Å². The minimum Gasteiger partial charge on any atom is -0.473 e. The Balaban J connectivity index is 0.000000250. The van der Waals surface area contributed by atoms with E-state index >= 15 is 0 Å². The molecule has 2 heteroatoms. The molecule has 0 aliphatic carbocycles. The fraction of sp³-hybridized carbons (Fsp3) is 0. The van der Waals surface area contributed by atoms with Crippen LogP contribution in [0.3, 0.4) is 0 Å². The van der Waals surface area contributed by atoms with Crippen molar-refractivity contribution in [1.82, 2.24) is 6.15 Å². The van der Waals surface area contributed by atoms with Gasteiger partial charge in [-0.1, -0.05) is 0 Å². The van der Waals surface area contributed by atoms with Crippen molar-refractivity contribution in [1.29, 1.82) is 0 Å². The Kier molecular flexibility index (Phi) is 2.16. The highest BCUT2D eigenvalue weighted by molar-refractivity contribution is 4.79. The van der Waals surface area contributed by atoms with E-state index in [-0.39, 0.29) is 6.15 Å². The topological polar surface area (TPSA) is 43.6 Å². The van der Waals surface area contributed by atoms with Gasteiger partial charge in [-0.3, -0.25) is 0 Å². The van der Waals surface area contributed by atoms with Gasteiger partial charge in [-0.15, -0.1) is 0 Å². The van der Waals surface area contributed by atoms with Crippen LogP contribution in [0.1, 0.15) is 0 Å². The molecule has 2 nitrogen and oxygen atoms in total. The van der Waals surface area contributed by atoms with E-state index in [0.29, 0.717) is 0 Å². The molecular weight excluding hydrogens is 78.0 g/mol. The second kappa shape index (κ2) is 2.48. The zero-order chi connectivity index (χ0) is 3.54. The van der Waals surface area contributed by atoms with Gasteiger partial charge in [0.05, 0.1) is 12.5 Å². The van der Waals surface area contributed by atoms with E-state index in [9.17, 15) is 0 Å². The van der Waals surface area contributed by atoms with E-state index in [1.165, 1.54) is 0 Å². The molecule has 0 N–H and O–H groups in total. The number of nitrogens with zero attached hydrogens (tertiary/aromatic N) is 1. The van der Waals surface area contributed by atoms with Crippen LogP contribution in [0.25, 0.3) is 0 Å². The van der Waals surface area contributed by atoms with Gasteiger partial charge >= 0.3 is 0 Å². The molecule has 0 amide bonds. The van der Waals surface area contributed by atoms with E-state index < -0.39 is 0 Å². The van der Waals surface area contributed by atoms with Crippen molar-refractivity contribution in [2.45, 2.75) is 0 Å². The summed E-state index contributed by atoms with van der Waals surface area (Å²) in [6.45, 7) is 0. The number of rotatable bonds is 0. The lowest BCUT2D eigenvalue weighted by Crippen LogP contribution is -1.16. The highest BCUT2D eigenvalue weighted by Gasteiger charge is 1.58. The zero-order valence-electron chi connectivity index (χ0n) is 3.16. The molecule has 0 aromatic carbocycles. The molecule has 0 saturated heterocycles. The van der Waals surface area contributed by atoms with Crippen molar-refractivity contribution in [3.05, 3.63) is 24.7 Å². The summed E-state index contributed by atoms with van der Waals surface area (Å²) >= 11 is 0. The lowest BCUT2D eigenvalue weighted by atomic mass is 10.7. The summed E-state index contributed by atoms with van der Waals surface area (Å²) in [6, 6.07) is 3.67. The van der Waals surface area contributed by atoms with Gasteiger partial charge in [0.2, 0.25) is 0 Å². The van der Waals surface area contributed by atoms with Gasteiger partial charge in [0.1, 0.15) is 0 Å². The van der Waals surface area contributed by atoms with Crippen LogP contribution in [0.5, 0.6) is 0 Å². The van der Waals surface area contributed by atoms with E-state index in [2.05, 4.69) is 4.42 Å². The van der Waals surface area contributed by atoms with Crippen molar-refractivity contribution in [2.75, 3.05) is 0 Å². The Labute approximate surface area is 36.4 Å². The molecule has 0 spiro atoms. The second-order valence-electron chi connectivity index (χ2n) is 0.793. The molecule has 0 atom stereocenters. The van der Waals surface area contributed by atoms with Crippen LogP contribution in [0.15, 0.2) is 29.1 Å². The van der Waals surface area contributed by atoms with Crippen LogP contribution in [0.2, 0.25) is 0 Å². The Morgan fingerprint density at radius 2 is 1.50 bits per heavy atom. The number of furan rings is 1. The van der Waals surface area contributed by atoms with Gasteiger partial charge in [-0.25, -0.2) is 0 Å². The third-order valence-electron chi connectivity index (χ3n) is 0.425. The van der Waals surface area contributed by atoms with Gasteiger partial charge in [0.15, 0.2) is 0 Å². The van der Waals surface area contributed by atoms with E-state index in [1.54, 1.807) is 12.5 Å². The number of hydrogen-bond acceptors (Lipinski definition) is 1. The molecular formula is C4H4NO. The summed E-state index contributed by atoms with van der Waals surface area (Å²) < 4.78 is 4.58. The quantitative estimate of drug-likeness (QED) is 0.456. The summed E-state index contributed by atoms with van der Waals surface area (Å²) in [6.07, 6.45) is 3.25. The normalized spacial score (nSPS) is 6.67. The van der Waals surface area contributed by atoms with Crippen LogP contribution in [-0.2, 0) is 0 Å². The lowest BCUT2D eigenvalue weighted by molar-refractivity contribution is 0.567. The Morgan fingerprint density at radius 3 is 1.67 bits per heavy atom. The smallest absolute Gasteiger partial charge is 0.0902 e. The maximum Gasteiger partial charge on any atom is 0.0902 e. The van der Waals surface area contributed by atoms with Gasteiger partial charge in [-0.05, 0) is 12.1 Å². The minimum absolute atomic E-state index is 0. The van der Waals surface area contributed by atoms with Crippen LogP contribution < -0.4 is 6.15 Å². The van der Waals surface area contributed by atoms with Crippen LogP contribution in [0, 0.1) is 0 Å². The maximum atomic E-state index is 4.58. The molecule has 0 unspecified atom stereocenters. The first-order valence-corrected chi connectivity index (χ1v) is 1.47. The molecule has 1 aromatic heterocycles. The molecule has 0 aliphatic heterocycles. The fourth-order valence-electron chi connectivity index (χ4n) is 0.227. The molecule has 31 valence electrons. The lowest BCUT2D eigenvalue weighted by Gasteiger charge is -1.50. The summed E-state index contributed by atoms with van der Waals surface area (Å²) in [5.74, 6) is 0. The minimum atomic E-state index is 0. The van der Waals surface area contributed by atoms with E-state index in [4.69, 9.17) is 0 Å². The first kappa shape index (κ1) is 5.24. The molecule has 1 rings (SSSR count). The number of hydrogen-bond donors (Lipinski definition) is 0. The van der Waals surface area contributed by atoms with Gasteiger partial charge in [0.25, 0.3) is 0 Å². The molecule has 6 heavy (non-hydrogen) atoms. The molecule has 0 bridgehead atoms. The summed E-state index contributed by atoms with van der Waals surface area (Å²) in [7, 11) is 0. The Hall–Kier alpha value is -0.760. The Morgan fingerprint density at radius 1 is 1.00 bits per heavy atom. The molecule has 0 saturated carbocycles. The van der Waals surface area contributed by atoms with Crippen LogP contribution in [-0.4, -0.2) is 0 Å². The molecule has 0 aliphatic rings. The Bertz CT molecular complexity index is 64.0.